The first-order valence-corrected chi connectivity index (χ1v) is 8.43. The van der Waals surface area contributed by atoms with Crippen molar-refractivity contribution in [2.24, 2.45) is 7.05 Å². The molecule has 1 N–H and O–H groups in total. The summed E-state index contributed by atoms with van der Waals surface area (Å²) >= 11 is 0. The van der Waals surface area contributed by atoms with Crippen LogP contribution in [0.25, 0.3) is 11.1 Å². The number of rotatable bonds is 5. The van der Waals surface area contributed by atoms with E-state index in [0.717, 1.165) is 28.8 Å². The van der Waals surface area contributed by atoms with Crippen LogP contribution in [-0.4, -0.2) is 39.7 Å². The zero-order valence-corrected chi connectivity index (χ0v) is 15.5. The number of aromatic nitrogens is 3. The smallest absolute Gasteiger partial charge is 0.256 e. The fourth-order valence-corrected chi connectivity index (χ4v) is 2.83. The molecule has 0 saturated heterocycles. The minimum Gasteiger partial charge on any atom is -0.307 e. The maximum Gasteiger partial charge on any atom is 0.256 e. The van der Waals surface area contributed by atoms with Crippen LogP contribution in [0.5, 0.6) is 0 Å². The van der Waals surface area contributed by atoms with E-state index in [1.54, 1.807) is 17.1 Å². The first-order chi connectivity index (χ1) is 12.4. The summed E-state index contributed by atoms with van der Waals surface area (Å²) in [5.41, 5.74) is 4.78. The lowest BCUT2D eigenvalue weighted by Crippen LogP contribution is -2.14. The second kappa shape index (κ2) is 7.49. The van der Waals surface area contributed by atoms with Crippen LogP contribution in [0, 0.1) is 6.92 Å². The standard InChI is InChI=1S/C20H23N5O/c1-14-5-6-16(10-18(14)17-11-22-25(4)13-17)20(26)23-19-9-15(7-8-21-19)12-24(2)3/h5-11,13H,12H2,1-4H3,(H,21,23,26). The van der Waals surface area contributed by atoms with Gasteiger partial charge in [-0.05, 0) is 62.0 Å². The van der Waals surface area contributed by atoms with Crippen LogP contribution in [0.1, 0.15) is 21.5 Å². The minimum absolute atomic E-state index is 0.176. The molecule has 3 rings (SSSR count). The highest BCUT2D eigenvalue weighted by atomic mass is 16.1. The van der Waals surface area contributed by atoms with Crippen LogP contribution < -0.4 is 5.32 Å². The lowest BCUT2D eigenvalue weighted by Gasteiger charge is -2.11. The molecule has 0 aliphatic carbocycles. The first-order valence-electron chi connectivity index (χ1n) is 8.43. The number of benzene rings is 1. The molecule has 6 heteroatoms. The lowest BCUT2D eigenvalue weighted by molar-refractivity contribution is 0.102. The SMILES string of the molecule is Cc1ccc(C(=O)Nc2cc(CN(C)C)ccn2)cc1-c1cnn(C)c1. The fraction of sp³-hybridized carbons (Fsp3) is 0.250. The molecule has 0 aliphatic heterocycles. The van der Waals surface area contributed by atoms with E-state index in [1.807, 2.05) is 64.6 Å². The van der Waals surface area contributed by atoms with Crippen LogP contribution >= 0.6 is 0 Å². The molecule has 26 heavy (non-hydrogen) atoms. The van der Waals surface area contributed by atoms with Gasteiger partial charge >= 0.3 is 0 Å². The van der Waals surface area contributed by atoms with Crippen LogP contribution in [0.3, 0.4) is 0 Å². The zero-order valence-electron chi connectivity index (χ0n) is 15.5. The second-order valence-electron chi connectivity index (χ2n) is 6.67. The molecule has 0 radical (unpaired) electrons. The maximum absolute atomic E-state index is 12.7. The average Bonchev–Trinajstić information content (AvgIpc) is 3.01. The Bertz CT molecular complexity index is 929. The predicted molar refractivity (Wildman–Crippen MR) is 103 cm³/mol. The van der Waals surface area contributed by atoms with Crippen molar-refractivity contribution in [2.45, 2.75) is 13.5 Å². The molecule has 0 spiro atoms. The predicted octanol–water partition coefficient (Wildman–Crippen LogP) is 3.10. The highest BCUT2D eigenvalue weighted by molar-refractivity contribution is 6.04. The Morgan fingerprint density at radius 3 is 2.73 bits per heavy atom. The quantitative estimate of drug-likeness (QED) is 0.769. The molecule has 0 unspecified atom stereocenters. The molecule has 134 valence electrons. The molecule has 0 bridgehead atoms. The first kappa shape index (κ1) is 17.8. The van der Waals surface area contributed by atoms with Crippen molar-refractivity contribution in [3.63, 3.8) is 0 Å². The van der Waals surface area contributed by atoms with Crippen molar-refractivity contribution in [2.75, 3.05) is 19.4 Å². The molecule has 0 fully saturated rings. The van der Waals surface area contributed by atoms with Crippen molar-refractivity contribution < 1.29 is 4.79 Å². The highest BCUT2D eigenvalue weighted by Gasteiger charge is 2.12. The number of nitrogens with zero attached hydrogens (tertiary/aromatic N) is 4. The van der Waals surface area contributed by atoms with E-state index in [0.29, 0.717) is 11.4 Å². The van der Waals surface area contributed by atoms with Gasteiger partial charge in [-0.3, -0.25) is 9.48 Å². The molecule has 1 aromatic carbocycles. The molecule has 2 aromatic heterocycles. The number of aryl methyl sites for hydroxylation is 2. The molecule has 0 atom stereocenters. The summed E-state index contributed by atoms with van der Waals surface area (Å²) in [4.78, 5) is 19.0. The van der Waals surface area contributed by atoms with Gasteiger partial charge in [0, 0.05) is 37.1 Å². The van der Waals surface area contributed by atoms with Gasteiger partial charge in [0.2, 0.25) is 0 Å². The molecular formula is C20H23N5O. The topological polar surface area (TPSA) is 63.1 Å². The van der Waals surface area contributed by atoms with Crippen molar-refractivity contribution in [3.05, 3.63) is 65.6 Å². The monoisotopic (exact) mass is 349 g/mol. The van der Waals surface area contributed by atoms with E-state index in [2.05, 4.69) is 20.3 Å². The third-order valence-electron chi connectivity index (χ3n) is 4.08. The Labute approximate surface area is 153 Å². The van der Waals surface area contributed by atoms with Gasteiger partial charge in [0.15, 0.2) is 0 Å². The summed E-state index contributed by atoms with van der Waals surface area (Å²) in [6, 6.07) is 9.52. The zero-order chi connectivity index (χ0) is 18.7. The number of amides is 1. The summed E-state index contributed by atoms with van der Waals surface area (Å²) < 4.78 is 1.75. The van der Waals surface area contributed by atoms with Gasteiger partial charge in [0.25, 0.3) is 5.91 Å². The van der Waals surface area contributed by atoms with Gasteiger partial charge in [-0.15, -0.1) is 0 Å². The Morgan fingerprint density at radius 1 is 1.23 bits per heavy atom. The van der Waals surface area contributed by atoms with Gasteiger partial charge in [0.05, 0.1) is 6.20 Å². The summed E-state index contributed by atoms with van der Waals surface area (Å²) in [7, 11) is 5.89. The number of anilines is 1. The van der Waals surface area contributed by atoms with Crippen LogP contribution in [0.2, 0.25) is 0 Å². The summed E-state index contributed by atoms with van der Waals surface area (Å²) in [6.07, 6.45) is 5.46. The molecule has 3 aromatic rings. The average molecular weight is 349 g/mol. The van der Waals surface area contributed by atoms with Crippen LogP contribution in [0.15, 0.2) is 48.9 Å². The summed E-state index contributed by atoms with van der Waals surface area (Å²) in [5.74, 6) is 0.377. The minimum atomic E-state index is -0.176. The number of carbonyl (C=O) groups is 1. The van der Waals surface area contributed by atoms with Gasteiger partial charge in [-0.1, -0.05) is 6.07 Å². The van der Waals surface area contributed by atoms with E-state index in [1.165, 1.54) is 0 Å². The Balaban J connectivity index is 1.82. The van der Waals surface area contributed by atoms with Crippen molar-refractivity contribution in [1.82, 2.24) is 19.7 Å². The normalized spacial score (nSPS) is 11.0. The summed E-state index contributed by atoms with van der Waals surface area (Å²) in [6.45, 7) is 2.82. The third kappa shape index (κ3) is 4.15. The van der Waals surface area contributed by atoms with Crippen LogP contribution in [0.4, 0.5) is 5.82 Å². The Hall–Kier alpha value is -2.99. The molecule has 0 aliphatic rings. The van der Waals surface area contributed by atoms with E-state index >= 15 is 0 Å². The largest absolute Gasteiger partial charge is 0.307 e. The van der Waals surface area contributed by atoms with Crippen LogP contribution in [-0.2, 0) is 13.6 Å². The number of nitrogens with one attached hydrogen (secondary N) is 1. The Kier molecular flexibility index (Phi) is 5.14. The Morgan fingerprint density at radius 2 is 2.04 bits per heavy atom. The second-order valence-corrected chi connectivity index (χ2v) is 6.67. The van der Waals surface area contributed by atoms with Crippen molar-refractivity contribution >= 4 is 11.7 Å². The highest BCUT2D eigenvalue weighted by Crippen LogP contribution is 2.24. The molecule has 0 saturated carbocycles. The van der Waals surface area contributed by atoms with Gasteiger partial charge in [-0.25, -0.2) is 4.98 Å². The lowest BCUT2D eigenvalue weighted by atomic mass is 10.0. The van der Waals surface area contributed by atoms with E-state index in [4.69, 9.17) is 0 Å². The van der Waals surface area contributed by atoms with Gasteiger partial charge in [-0.2, -0.15) is 5.10 Å². The van der Waals surface area contributed by atoms with E-state index < -0.39 is 0 Å². The van der Waals surface area contributed by atoms with E-state index in [-0.39, 0.29) is 5.91 Å². The molecule has 1 amide bonds. The van der Waals surface area contributed by atoms with E-state index in [9.17, 15) is 4.79 Å². The fourth-order valence-electron chi connectivity index (χ4n) is 2.83. The molecular weight excluding hydrogens is 326 g/mol. The maximum atomic E-state index is 12.7. The van der Waals surface area contributed by atoms with Gasteiger partial charge < -0.3 is 10.2 Å². The van der Waals surface area contributed by atoms with Gasteiger partial charge in [0.1, 0.15) is 5.82 Å². The number of hydrogen-bond donors (Lipinski definition) is 1. The molecule has 6 nitrogen and oxygen atoms in total. The van der Waals surface area contributed by atoms with Crippen molar-refractivity contribution in [1.29, 1.82) is 0 Å². The number of carbonyl (C=O) groups excluding carboxylic acids is 1. The third-order valence-corrected chi connectivity index (χ3v) is 4.08. The number of hydrogen-bond acceptors (Lipinski definition) is 4. The van der Waals surface area contributed by atoms with Crippen molar-refractivity contribution in [3.8, 4) is 11.1 Å². The molecule has 2 heterocycles. The number of pyridine rings is 1. The summed E-state index contributed by atoms with van der Waals surface area (Å²) in [5, 5.41) is 7.10.